The van der Waals surface area contributed by atoms with Crippen molar-refractivity contribution in [3.05, 3.63) is 80.9 Å². The van der Waals surface area contributed by atoms with Crippen molar-refractivity contribution in [2.45, 2.75) is 39.0 Å². The quantitative estimate of drug-likeness (QED) is 0.751. The molecule has 1 atom stereocenters. The van der Waals surface area contributed by atoms with Crippen LogP contribution in [0.1, 0.15) is 36.1 Å². The number of pyridine rings is 1. The summed E-state index contributed by atoms with van der Waals surface area (Å²) in [5.41, 5.74) is 2.25. The van der Waals surface area contributed by atoms with Crippen LogP contribution in [0.25, 0.3) is 10.9 Å². The van der Waals surface area contributed by atoms with Gasteiger partial charge in [0.25, 0.3) is 5.56 Å². The number of aromatic amines is 1. The van der Waals surface area contributed by atoms with Crippen molar-refractivity contribution in [2.75, 3.05) is 0 Å². The van der Waals surface area contributed by atoms with Crippen LogP contribution >= 0.6 is 0 Å². The molecular weight excluding hydrogens is 327 g/mol. The van der Waals surface area contributed by atoms with Gasteiger partial charge in [0.15, 0.2) is 0 Å². The topological polar surface area (TPSA) is 56.6 Å². The first-order valence-corrected chi connectivity index (χ1v) is 8.69. The molecule has 0 aliphatic carbocycles. The second kappa shape index (κ2) is 6.76. The molecule has 1 aromatic heterocycles. The lowest BCUT2D eigenvalue weighted by molar-refractivity contribution is 0.553. The summed E-state index contributed by atoms with van der Waals surface area (Å²) in [7, 11) is 0. The second-order valence-electron chi connectivity index (χ2n) is 6.95. The van der Waals surface area contributed by atoms with Crippen LogP contribution in [0.4, 0.5) is 4.39 Å². The summed E-state index contributed by atoms with van der Waals surface area (Å²) in [6.45, 7) is 5.46. The molecule has 3 rings (SSSR count). The maximum absolute atomic E-state index is 14.4. The number of aromatic nitrogens is 1. The molecular formula is C22H21FN2O. The standard InChI is InChI=1S/C22H21FN2O/c1-4-15-10-16-8-9-18(11-19(16)25-21(15)26)22(3,13-24)12-17-7-5-6-14(2)20(17)23/h5-11H,4,12H2,1-3H3,(H,25,26). The van der Waals surface area contributed by atoms with Crippen LogP contribution in [0.3, 0.4) is 0 Å². The van der Waals surface area contributed by atoms with Crippen molar-refractivity contribution in [1.29, 1.82) is 5.26 Å². The van der Waals surface area contributed by atoms with E-state index >= 15 is 0 Å². The third kappa shape index (κ3) is 3.13. The zero-order valence-electron chi connectivity index (χ0n) is 15.2. The molecule has 3 aromatic rings. The van der Waals surface area contributed by atoms with Crippen molar-refractivity contribution in [2.24, 2.45) is 0 Å². The Labute approximate surface area is 152 Å². The fourth-order valence-electron chi connectivity index (χ4n) is 3.28. The molecule has 0 aliphatic rings. The number of nitriles is 1. The van der Waals surface area contributed by atoms with Gasteiger partial charge in [0, 0.05) is 11.1 Å². The Hall–Kier alpha value is -2.93. The summed E-state index contributed by atoms with van der Waals surface area (Å²) in [6, 6.07) is 15.1. The molecule has 0 spiro atoms. The third-order valence-corrected chi connectivity index (χ3v) is 5.00. The number of H-pyrrole nitrogens is 1. The van der Waals surface area contributed by atoms with Gasteiger partial charge in [0.2, 0.25) is 0 Å². The van der Waals surface area contributed by atoms with Crippen LogP contribution in [0.2, 0.25) is 0 Å². The number of hydrogen-bond acceptors (Lipinski definition) is 2. The molecule has 3 nitrogen and oxygen atoms in total. The first-order chi connectivity index (χ1) is 12.4. The van der Waals surface area contributed by atoms with E-state index < -0.39 is 5.41 Å². The van der Waals surface area contributed by atoms with Crippen LogP contribution in [0.15, 0.2) is 47.3 Å². The highest BCUT2D eigenvalue weighted by Crippen LogP contribution is 2.31. The Balaban J connectivity index is 2.08. The van der Waals surface area contributed by atoms with E-state index in [9.17, 15) is 14.4 Å². The molecule has 1 N–H and O–H groups in total. The molecule has 1 heterocycles. The van der Waals surface area contributed by atoms with E-state index in [1.54, 1.807) is 32.0 Å². The van der Waals surface area contributed by atoms with Crippen LogP contribution in [-0.4, -0.2) is 4.98 Å². The van der Waals surface area contributed by atoms with Crippen molar-refractivity contribution in [3.8, 4) is 6.07 Å². The van der Waals surface area contributed by atoms with Crippen molar-refractivity contribution >= 4 is 10.9 Å². The molecule has 0 saturated heterocycles. The highest BCUT2D eigenvalue weighted by molar-refractivity contribution is 5.80. The monoisotopic (exact) mass is 348 g/mol. The Morgan fingerprint density at radius 1 is 1.19 bits per heavy atom. The number of fused-ring (bicyclic) bond motifs is 1. The van der Waals surface area contributed by atoms with Gasteiger partial charge in [-0.15, -0.1) is 0 Å². The van der Waals surface area contributed by atoms with Gasteiger partial charge in [-0.3, -0.25) is 4.79 Å². The molecule has 0 radical (unpaired) electrons. The summed E-state index contributed by atoms with van der Waals surface area (Å²) in [5, 5.41) is 10.7. The fourth-order valence-corrected chi connectivity index (χ4v) is 3.28. The van der Waals surface area contributed by atoms with Gasteiger partial charge in [0.05, 0.1) is 11.5 Å². The average molecular weight is 348 g/mol. The largest absolute Gasteiger partial charge is 0.322 e. The molecule has 0 fully saturated rings. The number of benzene rings is 2. The Morgan fingerprint density at radius 3 is 2.65 bits per heavy atom. The van der Waals surface area contributed by atoms with Gasteiger partial charge in [-0.25, -0.2) is 4.39 Å². The van der Waals surface area contributed by atoms with Gasteiger partial charge in [-0.1, -0.05) is 37.3 Å². The minimum Gasteiger partial charge on any atom is -0.322 e. The predicted octanol–water partition coefficient (Wildman–Crippen LogP) is 4.56. The smallest absolute Gasteiger partial charge is 0.251 e. The minimum absolute atomic E-state index is 0.111. The van der Waals surface area contributed by atoms with Crippen LogP contribution in [0.5, 0.6) is 0 Å². The Morgan fingerprint density at radius 2 is 1.96 bits per heavy atom. The number of nitrogens with one attached hydrogen (secondary N) is 1. The van der Waals surface area contributed by atoms with E-state index in [-0.39, 0.29) is 17.8 Å². The van der Waals surface area contributed by atoms with E-state index in [0.29, 0.717) is 23.1 Å². The fraction of sp³-hybridized carbons (Fsp3) is 0.273. The van der Waals surface area contributed by atoms with Gasteiger partial charge >= 0.3 is 0 Å². The number of hydrogen-bond donors (Lipinski definition) is 1. The van der Waals surface area contributed by atoms with E-state index in [1.165, 1.54) is 0 Å². The van der Waals surface area contributed by atoms with Crippen molar-refractivity contribution in [3.63, 3.8) is 0 Å². The molecule has 4 heteroatoms. The van der Waals surface area contributed by atoms with Crippen LogP contribution < -0.4 is 5.56 Å². The molecule has 132 valence electrons. The van der Waals surface area contributed by atoms with Gasteiger partial charge in [-0.2, -0.15) is 5.26 Å². The highest BCUT2D eigenvalue weighted by atomic mass is 19.1. The third-order valence-electron chi connectivity index (χ3n) is 5.00. The zero-order valence-corrected chi connectivity index (χ0v) is 15.2. The van der Waals surface area contributed by atoms with Gasteiger partial charge in [0.1, 0.15) is 5.82 Å². The first-order valence-electron chi connectivity index (χ1n) is 8.69. The summed E-state index contributed by atoms with van der Waals surface area (Å²) >= 11 is 0. The zero-order chi connectivity index (χ0) is 18.9. The van der Waals surface area contributed by atoms with Crippen molar-refractivity contribution in [1.82, 2.24) is 4.98 Å². The first kappa shape index (κ1) is 17.9. The van der Waals surface area contributed by atoms with E-state index in [2.05, 4.69) is 11.1 Å². The number of aryl methyl sites for hydroxylation is 2. The Bertz CT molecular complexity index is 1080. The summed E-state index contributed by atoms with van der Waals surface area (Å²) in [4.78, 5) is 15.0. The van der Waals surface area contributed by atoms with E-state index in [1.807, 2.05) is 31.2 Å². The molecule has 0 aliphatic heterocycles. The number of rotatable bonds is 4. The number of halogens is 1. The normalized spacial score (nSPS) is 13.3. The summed E-state index contributed by atoms with van der Waals surface area (Å²) < 4.78 is 14.4. The minimum atomic E-state index is -0.900. The van der Waals surface area contributed by atoms with Crippen LogP contribution in [-0.2, 0) is 18.3 Å². The SMILES string of the molecule is CCc1cc2ccc(C(C)(C#N)Cc3cccc(C)c3F)cc2[nH]c1=O. The van der Waals surface area contributed by atoms with Crippen molar-refractivity contribution < 1.29 is 4.39 Å². The maximum Gasteiger partial charge on any atom is 0.251 e. The summed E-state index contributed by atoms with van der Waals surface area (Å²) in [5.74, 6) is -0.268. The molecule has 2 aromatic carbocycles. The lowest BCUT2D eigenvalue weighted by atomic mass is 9.78. The molecule has 1 unspecified atom stereocenters. The molecule has 0 saturated carbocycles. The van der Waals surface area contributed by atoms with Gasteiger partial charge < -0.3 is 4.98 Å². The van der Waals surface area contributed by atoms with Crippen LogP contribution in [0, 0.1) is 24.1 Å². The molecule has 0 amide bonds. The average Bonchev–Trinajstić information content (AvgIpc) is 2.64. The lowest BCUT2D eigenvalue weighted by Gasteiger charge is -2.23. The maximum atomic E-state index is 14.4. The van der Waals surface area contributed by atoms with E-state index in [0.717, 1.165) is 16.5 Å². The lowest BCUT2D eigenvalue weighted by Crippen LogP contribution is -2.24. The predicted molar refractivity (Wildman–Crippen MR) is 102 cm³/mol. The van der Waals surface area contributed by atoms with E-state index in [4.69, 9.17) is 0 Å². The Kier molecular flexibility index (Phi) is 4.65. The molecule has 0 bridgehead atoms. The highest BCUT2D eigenvalue weighted by Gasteiger charge is 2.28. The number of nitrogens with zero attached hydrogens (tertiary/aromatic N) is 1. The van der Waals surface area contributed by atoms with Gasteiger partial charge in [-0.05, 0) is 60.9 Å². The second-order valence-corrected chi connectivity index (χ2v) is 6.95. The molecule has 26 heavy (non-hydrogen) atoms. The summed E-state index contributed by atoms with van der Waals surface area (Å²) in [6.07, 6.45) is 0.926.